The topological polar surface area (TPSA) is 59.6 Å². The van der Waals surface area contributed by atoms with E-state index in [2.05, 4.69) is 10.6 Å². The van der Waals surface area contributed by atoms with Gasteiger partial charge in [0.2, 0.25) is 12.7 Å². The van der Waals surface area contributed by atoms with Gasteiger partial charge in [0, 0.05) is 18.3 Å². The van der Waals surface area contributed by atoms with Crippen LogP contribution in [0.15, 0.2) is 18.2 Å². The molecule has 0 radical (unpaired) electrons. The van der Waals surface area contributed by atoms with Gasteiger partial charge in [-0.3, -0.25) is 4.79 Å². The average Bonchev–Trinajstić information content (AvgIpc) is 2.87. The second-order valence-electron chi connectivity index (χ2n) is 5.36. The Morgan fingerprint density at radius 1 is 1.35 bits per heavy atom. The van der Waals surface area contributed by atoms with Gasteiger partial charge >= 0.3 is 0 Å². The Hall–Kier alpha value is -1.46. The maximum atomic E-state index is 12.4. The van der Waals surface area contributed by atoms with Gasteiger partial charge in [-0.1, -0.05) is 0 Å². The first-order chi connectivity index (χ1) is 9.17. The first-order valence-corrected chi connectivity index (χ1v) is 6.59. The summed E-state index contributed by atoms with van der Waals surface area (Å²) in [7, 11) is 0. The molecule has 1 unspecified atom stereocenters. The van der Waals surface area contributed by atoms with Crippen molar-refractivity contribution in [3.8, 4) is 11.5 Å². The standard InChI is InChI=1S/C14H18N2O3.ClH/c1-14(5-2-6-15-8-14)13(17)16-10-3-4-11-12(7-10)19-9-18-11;/h3-4,7,15H,2,5-6,8-9H2,1H3,(H,16,17);1H. The molecule has 2 N–H and O–H groups in total. The van der Waals surface area contributed by atoms with Crippen molar-refractivity contribution >= 4 is 24.0 Å². The molecule has 6 heteroatoms. The molecular weight excluding hydrogens is 280 g/mol. The number of halogens is 1. The van der Waals surface area contributed by atoms with Crippen LogP contribution < -0.4 is 20.1 Å². The quantitative estimate of drug-likeness (QED) is 0.878. The third-order valence-electron chi connectivity index (χ3n) is 3.78. The average molecular weight is 299 g/mol. The molecule has 20 heavy (non-hydrogen) atoms. The Bertz CT molecular complexity index is 501. The van der Waals surface area contributed by atoms with Gasteiger partial charge in [0.1, 0.15) is 0 Å². The fourth-order valence-electron chi connectivity index (χ4n) is 2.51. The minimum absolute atomic E-state index is 0. The SMILES string of the molecule is CC1(C(=O)Nc2ccc3c(c2)OCO3)CCCNC1.Cl. The van der Waals surface area contributed by atoms with Gasteiger partial charge in [0.15, 0.2) is 11.5 Å². The second-order valence-corrected chi connectivity index (χ2v) is 5.36. The Kier molecular flexibility index (Phi) is 4.40. The number of rotatable bonds is 2. The van der Waals surface area contributed by atoms with E-state index in [1.807, 2.05) is 19.1 Å². The van der Waals surface area contributed by atoms with Crippen molar-refractivity contribution in [3.63, 3.8) is 0 Å². The molecule has 0 saturated carbocycles. The van der Waals surface area contributed by atoms with E-state index in [1.165, 1.54) is 0 Å². The van der Waals surface area contributed by atoms with Crippen LogP contribution in [0.4, 0.5) is 5.69 Å². The number of hydrogen-bond donors (Lipinski definition) is 2. The molecule has 1 saturated heterocycles. The van der Waals surface area contributed by atoms with Crippen molar-refractivity contribution in [3.05, 3.63) is 18.2 Å². The van der Waals surface area contributed by atoms with Crippen LogP contribution in [-0.2, 0) is 4.79 Å². The summed E-state index contributed by atoms with van der Waals surface area (Å²) in [6.07, 6.45) is 1.95. The molecule has 3 rings (SSSR count). The molecule has 1 aromatic rings. The molecule has 1 aromatic carbocycles. The predicted molar refractivity (Wildman–Crippen MR) is 78.7 cm³/mol. The number of ether oxygens (including phenoxy) is 2. The highest BCUT2D eigenvalue weighted by Gasteiger charge is 2.34. The number of hydrogen-bond acceptors (Lipinski definition) is 4. The number of fused-ring (bicyclic) bond motifs is 1. The van der Waals surface area contributed by atoms with Crippen LogP contribution in [0.3, 0.4) is 0 Å². The lowest BCUT2D eigenvalue weighted by atomic mass is 9.82. The predicted octanol–water partition coefficient (Wildman–Crippen LogP) is 2.17. The van der Waals surface area contributed by atoms with Crippen molar-refractivity contribution in [2.24, 2.45) is 5.41 Å². The summed E-state index contributed by atoms with van der Waals surface area (Å²) in [5, 5.41) is 6.25. The van der Waals surface area contributed by atoms with Crippen LogP contribution in [0, 0.1) is 5.41 Å². The Morgan fingerprint density at radius 3 is 2.90 bits per heavy atom. The van der Waals surface area contributed by atoms with Gasteiger partial charge in [-0.15, -0.1) is 12.4 Å². The smallest absolute Gasteiger partial charge is 0.231 e. The fraction of sp³-hybridized carbons (Fsp3) is 0.500. The summed E-state index contributed by atoms with van der Waals surface area (Å²) in [6.45, 7) is 3.96. The summed E-state index contributed by atoms with van der Waals surface area (Å²) in [5.41, 5.74) is 0.412. The Balaban J connectivity index is 0.00000147. The molecular formula is C14H19ClN2O3. The van der Waals surface area contributed by atoms with E-state index in [0.29, 0.717) is 5.75 Å². The molecule has 2 aliphatic rings. The summed E-state index contributed by atoms with van der Waals surface area (Å²) in [5.74, 6) is 1.46. The highest BCUT2D eigenvalue weighted by atomic mass is 35.5. The van der Waals surface area contributed by atoms with Gasteiger partial charge in [-0.2, -0.15) is 0 Å². The van der Waals surface area contributed by atoms with Gasteiger partial charge in [-0.25, -0.2) is 0 Å². The maximum absolute atomic E-state index is 12.4. The molecule has 0 aliphatic carbocycles. The number of anilines is 1. The van der Waals surface area contributed by atoms with Crippen molar-refractivity contribution in [2.75, 3.05) is 25.2 Å². The first kappa shape index (κ1) is 14.9. The first-order valence-electron chi connectivity index (χ1n) is 6.59. The van der Waals surface area contributed by atoms with E-state index in [9.17, 15) is 4.79 Å². The molecule has 1 fully saturated rings. The summed E-state index contributed by atoms with van der Waals surface area (Å²) >= 11 is 0. The number of benzene rings is 1. The highest BCUT2D eigenvalue weighted by molar-refractivity contribution is 5.95. The Morgan fingerprint density at radius 2 is 2.15 bits per heavy atom. The second kappa shape index (κ2) is 5.89. The van der Waals surface area contributed by atoms with E-state index in [4.69, 9.17) is 9.47 Å². The zero-order valence-corrected chi connectivity index (χ0v) is 12.2. The van der Waals surface area contributed by atoms with Gasteiger partial charge in [0.25, 0.3) is 0 Å². The van der Waals surface area contributed by atoms with Gasteiger partial charge in [0.05, 0.1) is 5.41 Å². The van der Waals surface area contributed by atoms with E-state index in [0.717, 1.165) is 37.4 Å². The normalized spacial score (nSPS) is 23.9. The minimum atomic E-state index is -0.339. The lowest BCUT2D eigenvalue weighted by Gasteiger charge is -2.32. The van der Waals surface area contributed by atoms with Gasteiger partial charge in [-0.05, 0) is 38.4 Å². The number of carbonyl (C=O) groups excluding carboxylic acids is 1. The largest absolute Gasteiger partial charge is 0.454 e. The fourth-order valence-corrected chi connectivity index (χ4v) is 2.51. The van der Waals surface area contributed by atoms with Crippen LogP contribution in [0.2, 0.25) is 0 Å². The molecule has 5 nitrogen and oxygen atoms in total. The number of amides is 1. The summed E-state index contributed by atoms with van der Waals surface area (Å²) in [6, 6.07) is 5.46. The number of carbonyl (C=O) groups is 1. The summed E-state index contributed by atoms with van der Waals surface area (Å²) < 4.78 is 10.6. The lowest BCUT2D eigenvalue weighted by Crippen LogP contribution is -2.46. The number of piperidine rings is 1. The third kappa shape index (κ3) is 2.83. The molecule has 1 amide bonds. The summed E-state index contributed by atoms with van der Waals surface area (Å²) in [4.78, 5) is 12.4. The number of nitrogens with one attached hydrogen (secondary N) is 2. The zero-order chi connectivity index (χ0) is 13.3. The van der Waals surface area contributed by atoms with Crippen LogP contribution >= 0.6 is 12.4 Å². The van der Waals surface area contributed by atoms with E-state index >= 15 is 0 Å². The molecule has 1 atom stereocenters. The third-order valence-corrected chi connectivity index (χ3v) is 3.78. The molecule has 2 heterocycles. The zero-order valence-electron chi connectivity index (χ0n) is 11.4. The van der Waals surface area contributed by atoms with Crippen LogP contribution in [0.1, 0.15) is 19.8 Å². The van der Waals surface area contributed by atoms with Crippen molar-refractivity contribution in [2.45, 2.75) is 19.8 Å². The van der Waals surface area contributed by atoms with Gasteiger partial charge < -0.3 is 20.1 Å². The molecule has 110 valence electrons. The van der Waals surface area contributed by atoms with E-state index < -0.39 is 0 Å². The molecule has 0 bridgehead atoms. The van der Waals surface area contributed by atoms with Crippen molar-refractivity contribution in [1.29, 1.82) is 0 Å². The molecule has 2 aliphatic heterocycles. The minimum Gasteiger partial charge on any atom is -0.454 e. The van der Waals surface area contributed by atoms with Crippen LogP contribution in [0.25, 0.3) is 0 Å². The van der Waals surface area contributed by atoms with Crippen LogP contribution in [0.5, 0.6) is 11.5 Å². The Labute approximate surface area is 124 Å². The van der Waals surface area contributed by atoms with Crippen molar-refractivity contribution in [1.82, 2.24) is 5.32 Å². The van der Waals surface area contributed by atoms with Crippen molar-refractivity contribution < 1.29 is 14.3 Å². The maximum Gasteiger partial charge on any atom is 0.231 e. The van der Waals surface area contributed by atoms with E-state index in [-0.39, 0.29) is 30.5 Å². The molecule has 0 spiro atoms. The monoisotopic (exact) mass is 298 g/mol. The highest BCUT2D eigenvalue weighted by Crippen LogP contribution is 2.35. The lowest BCUT2D eigenvalue weighted by molar-refractivity contribution is -0.125. The van der Waals surface area contributed by atoms with Crippen LogP contribution in [-0.4, -0.2) is 25.8 Å². The molecule has 0 aromatic heterocycles. The van der Waals surface area contributed by atoms with E-state index in [1.54, 1.807) is 6.07 Å².